The summed E-state index contributed by atoms with van der Waals surface area (Å²) >= 11 is 0. The fraction of sp³-hybridized carbons (Fsp3) is 0.500. The van der Waals surface area contributed by atoms with Gasteiger partial charge in [0.15, 0.2) is 5.79 Å². The molecule has 1 aromatic carbocycles. The van der Waals surface area contributed by atoms with E-state index in [-0.39, 0.29) is 11.2 Å². The van der Waals surface area contributed by atoms with Crippen molar-refractivity contribution in [3.8, 4) is 0 Å². The smallest absolute Gasteiger partial charge is 0.168 e. The van der Waals surface area contributed by atoms with Crippen molar-refractivity contribution in [2.75, 3.05) is 13.2 Å². The highest BCUT2D eigenvalue weighted by Gasteiger charge is 2.48. The van der Waals surface area contributed by atoms with Crippen molar-refractivity contribution in [3.05, 3.63) is 47.8 Å². The average Bonchev–Trinajstić information content (AvgIpc) is 3.22. The minimum Gasteiger partial charge on any atom is -0.348 e. The van der Waals surface area contributed by atoms with Crippen LogP contribution in [0, 0.1) is 0 Å². The third-order valence-corrected chi connectivity index (χ3v) is 4.91. The van der Waals surface area contributed by atoms with Crippen molar-refractivity contribution >= 4 is 0 Å². The van der Waals surface area contributed by atoms with E-state index in [1.165, 1.54) is 5.56 Å². The molecule has 2 aromatic rings. The van der Waals surface area contributed by atoms with Gasteiger partial charge in [-0.1, -0.05) is 30.3 Å². The van der Waals surface area contributed by atoms with E-state index in [0.29, 0.717) is 13.2 Å². The number of rotatable bonds is 2. The standard InChI is InChI=1S/C16H19N3O2/c1-2-4-13(5-3-1)15(14-12-17-19-18-14)6-8-16(9-7-15)20-10-11-21-16/h1-5,12H,6-11H2,(H,17,18,19). The van der Waals surface area contributed by atoms with Gasteiger partial charge < -0.3 is 9.47 Å². The summed E-state index contributed by atoms with van der Waals surface area (Å²) in [6.07, 6.45) is 5.57. The van der Waals surface area contributed by atoms with Gasteiger partial charge >= 0.3 is 0 Å². The predicted molar refractivity (Wildman–Crippen MR) is 76.7 cm³/mol. The van der Waals surface area contributed by atoms with Crippen LogP contribution in [0.5, 0.6) is 0 Å². The summed E-state index contributed by atoms with van der Waals surface area (Å²) in [5.41, 5.74) is 2.22. The summed E-state index contributed by atoms with van der Waals surface area (Å²) < 4.78 is 11.7. The zero-order chi connectivity index (χ0) is 14.2. The van der Waals surface area contributed by atoms with E-state index in [4.69, 9.17) is 9.47 Å². The van der Waals surface area contributed by atoms with Gasteiger partial charge in [-0.2, -0.15) is 15.4 Å². The van der Waals surface area contributed by atoms with Crippen LogP contribution in [0.1, 0.15) is 36.9 Å². The number of benzene rings is 1. The Morgan fingerprint density at radius 1 is 0.952 bits per heavy atom. The second-order valence-corrected chi connectivity index (χ2v) is 5.91. The topological polar surface area (TPSA) is 60.0 Å². The van der Waals surface area contributed by atoms with Gasteiger partial charge in [0.05, 0.1) is 25.1 Å². The monoisotopic (exact) mass is 285 g/mol. The molecule has 1 aliphatic carbocycles. The summed E-state index contributed by atoms with van der Waals surface area (Å²) in [4.78, 5) is 0. The number of aromatic nitrogens is 3. The van der Waals surface area contributed by atoms with E-state index in [1.807, 2.05) is 12.3 Å². The first-order valence-electron chi connectivity index (χ1n) is 7.53. The molecule has 1 saturated carbocycles. The van der Waals surface area contributed by atoms with Crippen LogP contribution in [0.25, 0.3) is 0 Å². The highest BCUT2D eigenvalue weighted by atomic mass is 16.7. The zero-order valence-electron chi connectivity index (χ0n) is 11.9. The Kier molecular flexibility index (Phi) is 3.05. The second kappa shape index (κ2) is 4.93. The minimum absolute atomic E-state index is 0.0885. The van der Waals surface area contributed by atoms with Crippen LogP contribution in [0.3, 0.4) is 0 Å². The quantitative estimate of drug-likeness (QED) is 0.920. The lowest BCUT2D eigenvalue weighted by Gasteiger charge is -2.43. The summed E-state index contributed by atoms with van der Waals surface area (Å²) in [5.74, 6) is -0.359. The van der Waals surface area contributed by atoms with Crippen LogP contribution in [-0.4, -0.2) is 34.4 Å². The van der Waals surface area contributed by atoms with Crippen LogP contribution < -0.4 is 0 Å². The van der Waals surface area contributed by atoms with Crippen molar-refractivity contribution in [1.29, 1.82) is 0 Å². The molecule has 0 radical (unpaired) electrons. The molecule has 110 valence electrons. The lowest BCUT2D eigenvalue weighted by Crippen LogP contribution is -2.43. The molecule has 2 fully saturated rings. The number of nitrogens with zero attached hydrogens (tertiary/aromatic N) is 2. The second-order valence-electron chi connectivity index (χ2n) is 5.91. The number of hydrogen-bond donors (Lipinski definition) is 1. The largest absolute Gasteiger partial charge is 0.348 e. The Balaban J connectivity index is 1.70. The number of nitrogens with one attached hydrogen (secondary N) is 1. The molecule has 4 rings (SSSR count). The summed E-state index contributed by atoms with van der Waals surface area (Å²) in [5, 5.41) is 11.2. The molecule has 5 nitrogen and oxygen atoms in total. The lowest BCUT2D eigenvalue weighted by molar-refractivity contribution is -0.183. The Labute approximate surface area is 123 Å². The first-order chi connectivity index (χ1) is 10.3. The van der Waals surface area contributed by atoms with Crippen molar-refractivity contribution in [1.82, 2.24) is 15.4 Å². The maximum absolute atomic E-state index is 5.86. The summed E-state index contributed by atoms with van der Waals surface area (Å²) in [7, 11) is 0. The molecule has 1 aliphatic heterocycles. The fourth-order valence-electron chi connectivity index (χ4n) is 3.73. The van der Waals surface area contributed by atoms with Crippen molar-refractivity contribution in [3.63, 3.8) is 0 Å². The molecule has 0 bridgehead atoms. The van der Waals surface area contributed by atoms with E-state index in [0.717, 1.165) is 31.4 Å². The van der Waals surface area contributed by atoms with Gasteiger partial charge in [-0.3, -0.25) is 0 Å². The Bertz CT molecular complexity index is 581. The average molecular weight is 285 g/mol. The molecular formula is C16H19N3O2. The summed E-state index contributed by atoms with van der Waals surface area (Å²) in [6.45, 7) is 1.42. The molecule has 1 N–H and O–H groups in total. The Morgan fingerprint density at radius 2 is 1.67 bits per heavy atom. The molecule has 0 atom stereocenters. The molecule has 1 aromatic heterocycles. The van der Waals surface area contributed by atoms with Crippen molar-refractivity contribution in [2.24, 2.45) is 0 Å². The molecule has 2 heterocycles. The SMILES string of the molecule is c1ccc(C2(c3cn[nH]n3)CCC3(CC2)OCCO3)cc1. The number of aromatic amines is 1. The van der Waals surface area contributed by atoms with E-state index in [1.54, 1.807) is 0 Å². The summed E-state index contributed by atoms with van der Waals surface area (Å²) in [6, 6.07) is 10.6. The number of hydrogen-bond acceptors (Lipinski definition) is 4. The normalized spacial score (nSPS) is 23.4. The van der Waals surface area contributed by atoms with E-state index < -0.39 is 0 Å². The number of ether oxygens (including phenoxy) is 2. The van der Waals surface area contributed by atoms with Gasteiger partial charge in [0.2, 0.25) is 0 Å². The van der Waals surface area contributed by atoms with Gasteiger partial charge in [0.1, 0.15) is 0 Å². The molecule has 5 heteroatoms. The molecule has 2 aliphatic rings. The molecule has 0 unspecified atom stereocenters. The maximum Gasteiger partial charge on any atom is 0.168 e. The zero-order valence-corrected chi connectivity index (χ0v) is 11.9. The predicted octanol–water partition coefficient (Wildman–Crippen LogP) is 2.41. The third-order valence-electron chi connectivity index (χ3n) is 4.91. The van der Waals surface area contributed by atoms with Gasteiger partial charge in [-0.25, -0.2) is 0 Å². The highest BCUT2D eigenvalue weighted by Crippen LogP contribution is 2.49. The van der Waals surface area contributed by atoms with Gasteiger partial charge in [0, 0.05) is 18.3 Å². The van der Waals surface area contributed by atoms with Crippen molar-refractivity contribution in [2.45, 2.75) is 36.9 Å². The number of H-pyrrole nitrogens is 1. The lowest BCUT2D eigenvalue weighted by atomic mass is 9.66. The van der Waals surface area contributed by atoms with Gasteiger partial charge in [0.25, 0.3) is 0 Å². The third kappa shape index (κ3) is 2.08. The molecule has 1 saturated heterocycles. The molecule has 0 amide bonds. The Hall–Kier alpha value is -1.72. The van der Waals surface area contributed by atoms with Gasteiger partial charge in [-0.15, -0.1) is 0 Å². The van der Waals surface area contributed by atoms with E-state index >= 15 is 0 Å². The molecular weight excluding hydrogens is 266 g/mol. The van der Waals surface area contributed by atoms with E-state index in [9.17, 15) is 0 Å². The van der Waals surface area contributed by atoms with Crippen LogP contribution in [0.4, 0.5) is 0 Å². The van der Waals surface area contributed by atoms with Crippen LogP contribution in [0.2, 0.25) is 0 Å². The maximum atomic E-state index is 5.86. The van der Waals surface area contributed by atoms with Crippen LogP contribution in [-0.2, 0) is 14.9 Å². The van der Waals surface area contributed by atoms with Crippen molar-refractivity contribution < 1.29 is 9.47 Å². The Morgan fingerprint density at radius 3 is 2.29 bits per heavy atom. The van der Waals surface area contributed by atoms with E-state index in [2.05, 4.69) is 39.7 Å². The minimum atomic E-state index is -0.359. The van der Waals surface area contributed by atoms with Gasteiger partial charge in [-0.05, 0) is 18.4 Å². The van der Waals surface area contributed by atoms with Crippen LogP contribution >= 0.6 is 0 Å². The fourth-order valence-corrected chi connectivity index (χ4v) is 3.73. The molecule has 21 heavy (non-hydrogen) atoms. The molecule has 1 spiro atoms. The first kappa shape index (κ1) is 13.0. The first-order valence-corrected chi connectivity index (χ1v) is 7.53. The highest BCUT2D eigenvalue weighted by molar-refractivity contribution is 5.35. The van der Waals surface area contributed by atoms with Crippen LogP contribution in [0.15, 0.2) is 36.5 Å².